The Morgan fingerprint density at radius 2 is 1.29 bits per heavy atom. The van der Waals surface area contributed by atoms with Gasteiger partial charge < -0.3 is 9.47 Å². The van der Waals surface area contributed by atoms with Gasteiger partial charge in [0.25, 0.3) is 0 Å². The fourth-order valence-corrected chi connectivity index (χ4v) is 8.70. The molecule has 0 bridgehead atoms. The normalized spacial score (nSPS) is 13.8. The molecule has 9 rings (SSSR count). The van der Waals surface area contributed by atoms with Gasteiger partial charge in [0.1, 0.15) is 0 Å². The highest BCUT2D eigenvalue weighted by Crippen LogP contribution is 2.51. The first-order valence-corrected chi connectivity index (χ1v) is 18.4. The fraction of sp³-hybridized carbons (Fsp3) is 0.120. The molecule has 1 heterocycles. The summed E-state index contributed by atoms with van der Waals surface area (Å²) in [6.07, 6.45) is 5.62. The molecular formula is C50H42N2. The molecule has 252 valence electrons. The maximum absolute atomic E-state index is 2.44. The predicted molar refractivity (Wildman–Crippen MR) is 223 cm³/mol. The number of benzene rings is 7. The molecule has 52 heavy (non-hydrogen) atoms. The average Bonchev–Trinajstić information content (AvgIpc) is 3.64. The summed E-state index contributed by atoms with van der Waals surface area (Å²) in [6.45, 7) is 9.28. The molecule has 1 aliphatic rings. The van der Waals surface area contributed by atoms with Crippen molar-refractivity contribution in [3.63, 3.8) is 0 Å². The zero-order valence-electron chi connectivity index (χ0n) is 30.3. The fourth-order valence-electron chi connectivity index (χ4n) is 8.70. The number of hydrogen-bond donors (Lipinski definition) is 0. The van der Waals surface area contributed by atoms with Crippen LogP contribution < -0.4 is 4.90 Å². The standard InChI is InChI=1S/C50H42N2/c1-5-35(40-24-16-25-44-41-22-11-13-26-45(41)50(3,4)49(40)44)30-29-34(2)51(46-28-15-18-36-17-9-10-21-39(36)46)38-31-32-43-42-23-12-14-27-47(42)52(48(43)33-38)37-19-7-6-8-20-37/h6-33H,5H2,1-4H3/b34-29+,35-30+. The Kier molecular flexibility index (Phi) is 7.70. The molecule has 0 fully saturated rings. The third kappa shape index (κ3) is 5.01. The van der Waals surface area contributed by atoms with E-state index in [-0.39, 0.29) is 5.41 Å². The summed E-state index contributed by atoms with van der Waals surface area (Å²) in [7, 11) is 0. The van der Waals surface area contributed by atoms with Gasteiger partial charge in [-0.05, 0) is 94.6 Å². The van der Waals surface area contributed by atoms with Gasteiger partial charge in [0.15, 0.2) is 0 Å². The van der Waals surface area contributed by atoms with E-state index in [2.05, 4.69) is 207 Å². The highest BCUT2D eigenvalue weighted by atomic mass is 15.1. The first-order chi connectivity index (χ1) is 25.5. The van der Waals surface area contributed by atoms with Crippen molar-refractivity contribution in [3.8, 4) is 16.8 Å². The lowest BCUT2D eigenvalue weighted by molar-refractivity contribution is 0.658. The van der Waals surface area contributed by atoms with Gasteiger partial charge in [0, 0.05) is 38.6 Å². The second kappa shape index (κ2) is 12.6. The Morgan fingerprint density at radius 1 is 0.615 bits per heavy atom. The number of hydrogen-bond acceptors (Lipinski definition) is 1. The van der Waals surface area contributed by atoms with E-state index < -0.39 is 0 Å². The molecule has 0 spiro atoms. The molecule has 8 aromatic rings. The van der Waals surface area contributed by atoms with E-state index in [0.29, 0.717) is 0 Å². The van der Waals surface area contributed by atoms with E-state index >= 15 is 0 Å². The molecule has 0 atom stereocenters. The Hall–Kier alpha value is -6.12. The highest BCUT2D eigenvalue weighted by molar-refractivity contribution is 6.10. The Morgan fingerprint density at radius 3 is 2.13 bits per heavy atom. The van der Waals surface area contributed by atoms with Crippen LogP contribution in [0, 0.1) is 0 Å². The Balaban J connectivity index is 1.24. The third-order valence-corrected chi connectivity index (χ3v) is 11.1. The van der Waals surface area contributed by atoms with Gasteiger partial charge in [-0.25, -0.2) is 0 Å². The van der Waals surface area contributed by atoms with Crippen LogP contribution in [-0.2, 0) is 5.41 Å². The summed E-state index contributed by atoms with van der Waals surface area (Å²) in [5, 5.41) is 4.95. The molecule has 1 aromatic heterocycles. The minimum Gasteiger partial charge on any atom is -0.314 e. The molecule has 0 unspecified atom stereocenters. The molecule has 0 N–H and O–H groups in total. The first kappa shape index (κ1) is 31.8. The van der Waals surface area contributed by atoms with E-state index in [9.17, 15) is 0 Å². The molecule has 0 aliphatic heterocycles. The van der Waals surface area contributed by atoms with Crippen LogP contribution in [0.1, 0.15) is 50.8 Å². The molecule has 0 amide bonds. The summed E-state index contributed by atoms with van der Waals surface area (Å²) < 4.78 is 2.40. The van der Waals surface area contributed by atoms with Crippen LogP contribution in [0.15, 0.2) is 176 Å². The summed E-state index contributed by atoms with van der Waals surface area (Å²) in [4.78, 5) is 2.44. The summed E-state index contributed by atoms with van der Waals surface area (Å²) >= 11 is 0. The van der Waals surface area contributed by atoms with Gasteiger partial charge in [0.05, 0.1) is 16.7 Å². The van der Waals surface area contributed by atoms with Crippen molar-refractivity contribution in [2.45, 2.75) is 39.5 Å². The zero-order valence-corrected chi connectivity index (χ0v) is 30.3. The summed E-state index contributed by atoms with van der Waals surface area (Å²) in [5.74, 6) is 0. The number of anilines is 2. The number of nitrogens with zero attached hydrogens (tertiary/aromatic N) is 2. The topological polar surface area (TPSA) is 8.17 Å². The number of rotatable bonds is 7. The van der Waals surface area contributed by atoms with Crippen molar-refractivity contribution in [3.05, 3.63) is 192 Å². The Labute approximate surface area is 306 Å². The lowest BCUT2D eigenvalue weighted by Gasteiger charge is -2.28. The molecule has 0 saturated carbocycles. The van der Waals surface area contributed by atoms with Gasteiger partial charge in [-0.3, -0.25) is 0 Å². The number of para-hydroxylation sites is 2. The second-order valence-corrected chi connectivity index (χ2v) is 14.5. The van der Waals surface area contributed by atoms with Gasteiger partial charge in [0.2, 0.25) is 0 Å². The smallest absolute Gasteiger partial charge is 0.0561 e. The molecule has 1 aliphatic carbocycles. The van der Waals surface area contributed by atoms with Crippen molar-refractivity contribution in [1.82, 2.24) is 4.57 Å². The van der Waals surface area contributed by atoms with E-state index in [0.717, 1.165) is 29.2 Å². The molecule has 2 heteroatoms. The van der Waals surface area contributed by atoms with Gasteiger partial charge in [-0.2, -0.15) is 0 Å². The number of fused-ring (bicyclic) bond motifs is 7. The molecule has 0 radical (unpaired) electrons. The average molecular weight is 671 g/mol. The van der Waals surface area contributed by atoms with E-state index in [1.165, 1.54) is 66.0 Å². The SMILES string of the molecule is CC/C(=C\C=C(/C)N(c1ccc2c3ccccc3n(-c3ccccc3)c2c1)c1cccc2ccccc12)c1cccc2c1C(C)(C)c1ccccc1-2. The molecular weight excluding hydrogens is 629 g/mol. The minimum absolute atomic E-state index is 0.0723. The van der Waals surface area contributed by atoms with Gasteiger partial charge in [-0.1, -0.05) is 148 Å². The maximum Gasteiger partial charge on any atom is 0.0561 e. The van der Waals surface area contributed by atoms with Crippen LogP contribution in [0.5, 0.6) is 0 Å². The van der Waals surface area contributed by atoms with Crippen LogP contribution in [-0.4, -0.2) is 4.57 Å². The largest absolute Gasteiger partial charge is 0.314 e. The number of allylic oxidation sites excluding steroid dienone is 4. The van der Waals surface area contributed by atoms with Gasteiger partial charge >= 0.3 is 0 Å². The van der Waals surface area contributed by atoms with Crippen LogP contribution in [0.2, 0.25) is 0 Å². The highest BCUT2D eigenvalue weighted by Gasteiger charge is 2.37. The van der Waals surface area contributed by atoms with Crippen LogP contribution in [0.25, 0.3) is 55.0 Å². The molecule has 7 aromatic carbocycles. The lowest BCUT2D eigenvalue weighted by atomic mass is 9.78. The second-order valence-electron chi connectivity index (χ2n) is 14.5. The first-order valence-electron chi connectivity index (χ1n) is 18.4. The molecule has 2 nitrogen and oxygen atoms in total. The Bertz CT molecular complexity index is 2700. The van der Waals surface area contributed by atoms with Crippen molar-refractivity contribution < 1.29 is 0 Å². The monoisotopic (exact) mass is 670 g/mol. The van der Waals surface area contributed by atoms with Crippen LogP contribution >= 0.6 is 0 Å². The summed E-state index contributed by atoms with van der Waals surface area (Å²) in [6, 6.07) is 57.5. The summed E-state index contributed by atoms with van der Waals surface area (Å²) in [5.41, 5.74) is 15.2. The zero-order chi connectivity index (χ0) is 35.4. The molecule has 0 saturated heterocycles. The lowest BCUT2D eigenvalue weighted by Crippen LogP contribution is -2.17. The van der Waals surface area contributed by atoms with E-state index in [1.54, 1.807) is 0 Å². The van der Waals surface area contributed by atoms with Crippen molar-refractivity contribution in [2.75, 3.05) is 4.90 Å². The minimum atomic E-state index is -0.0723. The van der Waals surface area contributed by atoms with Crippen LogP contribution in [0.4, 0.5) is 11.4 Å². The van der Waals surface area contributed by atoms with Crippen molar-refractivity contribution in [1.29, 1.82) is 0 Å². The number of aromatic nitrogens is 1. The quantitative estimate of drug-likeness (QED) is 0.153. The third-order valence-electron chi connectivity index (χ3n) is 11.1. The maximum atomic E-state index is 2.44. The van der Waals surface area contributed by atoms with E-state index in [4.69, 9.17) is 0 Å². The van der Waals surface area contributed by atoms with Gasteiger partial charge in [-0.15, -0.1) is 0 Å². The van der Waals surface area contributed by atoms with Crippen LogP contribution in [0.3, 0.4) is 0 Å². The van der Waals surface area contributed by atoms with Crippen molar-refractivity contribution >= 4 is 49.5 Å². The predicted octanol–water partition coefficient (Wildman–Crippen LogP) is 13.8. The van der Waals surface area contributed by atoms with Crippen molar-refractivity contribution in [2.24, 2.45) is 0 Å². The van der Waals surface area contributed by atoms with E-state index in [1.807, 2.05) is 0 Å².